The van der Waals surface area contributed by atoms with Gasteiger partial charge in [-0.1, -0.05) is 12.1 Å². The number of fused-ring (bicyclic) bond motifs is 1. The molecule has 0 aliphatic carbocycles. The lowest BCUT2D eigenvalue weighted by Crippen LogP contribution is -2.68. The fraction of sp³-hybridized carbons (Fsp3) is 0.357. The van der Waals surface area contributed by atoms with Gasteiger partial charge in [0.25, 0.3) is 0 Å². The van der Waals surface area contributed by atoms with E-state index in [0.717, 1.165) is 0 Å². The van der Waals surface area contributed by atoms with Crippen molar-refractivity contribution < 1.29 is 24.6 Å². The molecule has 108 valence electrons. The van der Waals surface area contributed by atoms with E-state index in [1.807, 2.05) is 0 Å². The maximum atomic E-state index is 12.2. The lowest BCUT2D eigenvalue weighted by molar-refractivity contribution is -0.320. The van der Waals surface area contributed by atoms with Crippen LogP contribution in [0.3, 0.4) is 0 Å². The standard InChI is InChI=1S/C14H18NO5/c1-3-19-13(16)15(18)12-8-6-5-7-11(12)9-10-14(15,17)20-4-2/h5-10,17-18H,3-4H2,1-2H3/q+1. The molecule has 1 aromatic carbocycles. The Labute approximate surface area is 117 Å². The first-order valence-electron chi connectivity index (χ1n) is 6.44. The van der Waals surface area contributed by atoms with Gasteiger partial charge in [-0.2, -0.15) is 10.0 Å². The smallest absolute Gasteiger partial charge is 0.418 e. The third-order valence-corrected chi connectivity index (χ3v) is 3.12. The van der Waals surface area contributed by atoms with E-state index in [9.17, 15) is 15.1 Å². The normalized spacial score (nSPS) is 28.0. The second kappa shape index (κ2) is 5.34. The number of hydrogen-bond acceptors (Lipinski definition) is 5. The molecule has 6 heteroatoms. The first-order valence-corrected chi connectivity index (χ1v) is 6.44. The van der Waals surface area contributed by atoms with E-state index in [4.69, 9.17) is 9.47 Å². The van der Waals surface area contributed by atoms with E-state index >= 15 is 0 Å². The topological polar surface area (TPSA) is 76.0 Å². The van der Waals surface area contributed by atoms with Gasteiger partial charge in [0.05, 0.1) is 13.2 Å². The fourth-order valence-electron chi connectivity index (χ4n) is 2.20. The Morgan fingerprint density at radius 1 is 1.30 bits per heavy atom. The molecule has 1 aliphatic heterocycles. The van der Waals surface area contributed by atoms with Gasteiger partial charge in [0.2, 0.25) is 0 Å². The molecular weight excluding hydrogens is 262 g/mol. The largest absolute Gasteiger partial charge is 0.560 e. The van der Waals surface area contributed by atoms with Crippen LogP contribution in [0.2, 0.25) is 0 Å². The lowest BCUT2D eigenvalue weighted by Gasteiger charge is -2.39. The van der Waals surface area contributed by atoms with E-state index in [1.165, 1.54) is 6.08 Å². The number of hydrogen-bond donors (Lipinski definition) is 2. The van der Waals surface area contributed by atoms with Crippen molar-refractivity contribution in [2.75, 3.05) is 13.2 Å². The molecule has 0 radical (unpaired) electrons. The van der Waals surface area contributed by atoms with Crippen molar-refractivity contribution in [3.63, 3.8) is 0 Å². The van der Waals surface area contributed by atoms with Crippen LogP contribution in [0.4, 0.5) is 10.5 Å². The predicted octanol–water partition coefficient (Wildman–Crippen LogP) is 2.25. The van der Waals surface area contributed by atoms with Crippen LogP contribution in [0.1, 0.15) is 19.4 Å². The summed E-state index contributed by atoms with van der Waals surface area (Å²) in [6, 6.07) is 6.69. The van der Waals surface area contributed by atoms with Crippen molar-refractivity contribution in [1.29, 1.82) is 0 Å². The molecule has 0 saturated heterocycles. The number of carbonyl (C=O) groups excluding carboxylic acids is 1. The Morgan fingerprint density at radius 2 is 2.00 bits per heavy atom. The van der Waals surface area contributed by atoms with Gasteiger partial charge in [0.15, 0.2) is 5.69 Å². The molecule has 1 aromatic rings. The highest BCUT2D eigenvalue weighted by molar-refractivity contribution is 5.87. The van der Waals surface area contributed by atoms with Gasteiger partial charge >= 0.3 is 12.0 Å². The third-order valence-electron chi connectivity index (χ3n) is 3.12. The molecular formula is C14H18NO5+. The molecule has 2 atom stereocenters. The highest BCUT2D eigenvalue weighted by atomic mass is 16.8. The van der Waals surface area contributed by atoms with Gasteiger partial charge in [0, 0.05) is 22.4 Å². The summed E-state index contributed by atoms with van der Waals surface area (Å²) in [4.78, 5) is 12.2. The van der Waals surface area contributed by atoms with E-state index in [2.05, 4.69) is 0 Å². The zero-order valence-electron chi connectivity index (χ0n) is 11.4. The minimum Gasteiger partial charge on any atom is -0.418 e. The van der Waals surface area contributed by atoms with Crippen molar-refractivity contribution in [2.45, 2.75) is 19.8 Å². The minimum absolute atomic E-state index is 0.0769. The second-order valence-electron chi connectivity index (χ2n) is 4.32. The average Bonchev–Trinajstić information content (AvgIpc) is 2.44. The highest BCUT2D eigenvalue weighted by Crippen LogP contribution is 2.40. The molecule has 0 aromatic heterocycles. The number of amides is 1. The summed E-state index contributed by atoms with van der Waals surface area (Å²) in [6.07, 6.45) is 1.84. The van der Waals surface area contributed by atoms with E-state index < -0.39 is 16.7 Å². The number of carbonyl (C=O) groups is 1. The molecule has 1 aliphatic rings. The Morgan fingerprint density at radius 3 is 2.65 bits per heavy atom. The van der Waals surface area contributed by atoms with Crippen molar-refractivity contribution >= 4 is 17.9 Å². The molecule has 6 nitrogen and oxygen atoms in total. The van der Waals surface area contributed by atoms with Gasteiger partial charge in [-0.25, -0.2) is 0 Å². The summed E-state index contributed by atoms with van der Waals surface area (Å²) in [5.41, 5.74) is 0.803. The van der Waals surface area contributed by atoms with Crippen molar-refractivity contribution in [2.24, 2.45) is 0 Å². The summed E-state index contributed by atoms with van der Waals surface area (Å²) >= 11 is 0. The van der Waals surface area contributed by atoms with Crippen LogP contribution in [0.5, 0.6) is 0 Å². The molecule has 0 fully saturated rings. The average molecular weight is 280 g/mol. The summed E-state index contributed by atoms with van der Waals surface area (Å²) in [7, 11) is 0. The molecule has 1 amide bonds. The van der Waals surface area contributed by atoms with Crippen molar-refractivity contribution in [1.82, 2.24) is 4.65 Å². The SMILES string of the molecule is CCOC(=O)[N+]1(O)c2ccccc2C=CC1(O)OCC. The summed E-state index contributed by atoms with van der Waals surface area (Å²) < 4.78 is 8.61. The molecule has 2 unspecified atom stereocenters. The van der Waals surface area contributed by atoms with Crippen LogP contribution < -0.4 is 4.65 Å². The summed E-state index contributed by atoms with van der Waals surface area (Å²) in [5.74, 6) is -2.21. The van der Waals surface area contributed by atoms with Gasteiger partial charge in [-0.15, -0.1) is 0 Å². The van der Waals surface area contributed by atoms with E-state index in [-0.39, 0.29) is 18.9 Å². The van der Waals surface area contributed by atoms with Crippen LogP contribution >= 0.6 is 0 Å². The highest BCUT2D eigenvalue weighted by Gasteiger charge is 2.62. The molecule has 20 heavy (non-hydrogen) atoms. The number of quaternary nitrogens is 1. The van der Waals surface area contributed by atoms with Crippen LogP contribution in [-0.4, -0.2) is 35.5 Å². The Kier molecular flexibility index (Phi) is 3.92. The van der Waals surface area contributed by atoms with E-state index in [1.54, 1.807) is 44.2 Å². The number of benzene rings is 1. The summed E-state index contributed by atoms with van der Waals surface area (Å²) in [5, 5.41) is 21.4. The molecule has 0 saturated carbocycles. The number of aliphatic hydroxyl groups is 1. The number of hydroxylamine groups is 2. The van der Waals surface area contributed by atoms with Crippen molar-refractivity contribution in [3.8, 4) is 0 Å². The Balaban J connectivity index is 2.61. The maximum absolute atomic E-state index is 12.2. The first-order chi connectivity index (χ1) is 9.49. The minimum atomic E-state index is -2.21. The lowest BCUT2D eigenvalue weighted by atomic mass is 10.1. The van der Waals surface area contributed by atoms with Crippen LogP contribution in [0.25, 0.3) is 6.08 Å². The first kappa shape index (κ1) is 14.7. The summed E-state index contributed by atoms with van der Waals surface area (Å²) in [6.45, 7) is 3.47. The predicted molar refractivity (Wildman–Crippen MR) is 72.7 cm³/mol. The van der Waals surface area contributed by atoms with Gasteiger partial charge in [0.1, 0.15) is 0 Å². The fourth-order valence-corrected chi connectivity index (χ4v) is 2.20. The second-order valence-corrected chi connectivity index (χ2v) is 4.32. The zero-order valence-corrected chi connectivity index (χ0v) is 11.4. The third kappa shape index (κ3) is 2.03. The van der Waals surface area contributed by atoms with Crippen LogP contribution in [-0.2, 0) is 9.47 Å². The number of ether oxygens (including phenoxy) is 2. The van der Waals surface area contributed by atoms with Crippen LogP contribution in [0, 0.1) is 0 Å². The quantitative estimate of drug-likeness (QED) is 0.504. The number of rotatable bonds is 3. The van der Waals surface area contributed by atoms with Gasteiger partial charge in [-0.05, 0) is 26.0 Å². The zero-order chi connectivity index (χ0) is 14.8. The number of para-hydroxylation sites is 1. The molecule has 1 heterocycles. The number of nitrogens with zero attached hydrogens (tertiary/aromatic N) is 1. The molecule has 2 rings (SSSR count). The maximum Gasteiger partial charge on any atom is 0.560 e. The van der Waals surface area contributed by atoms with Gasteiger partial charge in [-0.3, -0.25) is 4.74 Å². The molecule has 0 bridgehead atoms. The Bertz CT molecular complexity index is 544. The Hall–Kier alpha value is -1.73. The van der Waals surface area contributed by atoms with Crippen molar-refractivity contribution in [3.05, 3.63) is 35.9 Å². The van der Waals surface area contributed by atoms with E-state index in [0.29, 0.717) is 5.56 Å². The molecule has 0 spiro atoms. The van der Waals surface area contributed by atoms with Gasteiger partial charge < -0.3 is 9.84 Å². The van der Waals surface area contributed by atoms with Crippen LogP contribution in [0.15, 0.2) is 30.3 Å². The molecule has 2 N–H and O–H groups in total. The monoisotopic (exact) mass is 280 g/mol.